The summed E-state index contributed by atoms with van der Waals surface area (Å²) in [5.41, 5.74) is -0.476. The highest BCUT2D eigenvalue weighted by atomic mass is 16.5. The van der Waals surface area contributed by atoms with Crippen LogP contribution < -0.4 is 5.32 Å². The van der Waals surface area contributed by atoms with Crippen molar-refractivity contribution >= 4 is 5.97 Å². The van der Waals surface area contributed by atoms with Crippen LogP contribution in [0.5, 0.6) is 0 Å². The van der Waals surface area contributed by atoms with Gasteiger partial charge in [0.15, 0.2) is 0 Å². The molecule has 4 heteroatoms. The van der Waals surface area contributed by atoms with Crippen LogP contribution in [0.4, 0.5) is 0 Å². The first-order chi connectivity index (χ1) is 10.0. The van der Waals surface area contributed by atoms with Gasteiger partial charge in [-0.25, -0.2) is 0 Å². The summed E-state index contributed by atoms with van der Waals surface area (Å²) in [6, 6.07) is 0.825. The van der Waals surface area contributed by atoms with Crippen LogP contribution in [0.2, 0.25) is 0 Å². The van der Waals surface area contributed by atoms with Gasteiger partial charge in [-0.05, 0) is 58.4 Å². The van der Waals surface area contributed by atoms with Crippen molar-refractivity contribution in [2.75, 3.05) is 20.2 Å². The Morgan fingerprint density at radius 1 is 1.43 bits per heavy atom. The average molecular weight is 296 g/mol. The standard InChI is InChI=1S/C17H32N2O2/c1-5-14-8-10-19(12-14)15-7-6-9-17(11-15,16(20)21-4)18-13(2)3/h13-15,18H,5-12H2,1-4H3. The lowest BCUT2D eigenvalue weighted by atomic mass is 9.78. The van der Waals surface area contributed by atoms with Gasteiger partial charge >= 0.3 is 5.97 Å². The molecule has 0 aromatic heterocycles. The Kier molecular flexibility index (Phi) is 5.67. The minimum atomic E-state index is -0.476. The summed E-state index contributed by atoms with van der Waals surface area (Å²) in [4.78, 5) is 15.0. The molecule has 2 aliphatic rings. The van der Waals surface area contributed by atoms with Crippen molar-refractivity contribution < 1.29 is 9.53 Å². The van der Waals surface area contributed by atoms with Crippen LogP contribution in [0.25, 0.3) is 0 Å². The van der Waals surface area contributed by atoms with Crippen molar-refractivity contribution in [2.24, 2.45) is 5.92 Å². The third-order valence-electron chi connectivity index (χ3n) is 5.28. The van der Waals surface area contributed by atoms with Gasteiger partial charge < -0.3 is 9.64 Å². The van der Waals surface area contributed by atoms with Crippen LogP contribution in [0.1, 0.15) is 59.3 Å². The topological polar surface area (TPSA) is 41.6 Å². The average Bonchev–Trinajstić information content (AvgIpc) is 2.94. The number of hydrogen-bond acceptors (Lipinski definition) is 4. The monoisotopic (exact) mass is 296 g/mol. The number of ether oxygens (including phenoxy) is 1. The largest absolute Gasteiger partial charge is 0.468 e. The molecule has 0 spiro atoms. The highest BCUT2D eigenvalue weighted by molar-refractivity contribution is 5.81. The molecule has 0 aromatic carbocycles. The molecule has 1 saturated heterocycles. The molecule has 2 fully saturated rings. The van der Waals surface area contributed by atoms with Gasteiger partial charge in [0.05, 0.1) is 7.11 Å². The predicted octanol–water partition coefficient (Wildman–Crippen LogP) is 2.57. The number of likely N-dealkylation sites (tertiary alicyclic amines) is 1. The van der Waals surface area contributed by atoms with Crippen molar-refractivity contribution in [3.63, 3.8) is 0 Å². The maximum absolute atomic E-state index is 12.4. The van der Waals surface area contributed by atoms with Crippen molar-refractivity contribution in [1.29, 1.82) is 0 Å². The molecule has 0 bridgehead atoms. The molecule has 4 nitrogen and oxygen atoms in total. The maximum Gasteiger partial charge on any atom is 0.326 e. The second-order valence-corrected chi connectivity index (χ2v) is 7.18. The van der Waals surface area contributed by atoms with E-state index in [0.717, 1.165) is 25.2 Å². The second-order valence-electron chi connectivity index (χ2n) is 7.18. The molecular formula is C17H32N2O2. The molecule has 1 aliphatic heterocycles. The lowest BCUT2D eigenvalue weighted by molar-refractivity contribution is -0.151. The smallest absolute Gasteiger partial charge is 0.326 e. The normalized spacial score (nSPS) is 34.3. The summed E-state index contributed by atoms with van der Waals surface area (Å²) in [7, 11) is 1.51. The second kappa shape index (κ2) is 7.10. The van der Waals surface area contributed by atoms with Crippen LogP contribution >= 0.6 is 0 Å². The van der Waals surface area contributed by atoms with E-state index in [2.05, 4.69) is 31.0 Å². The SMILES string of the molecule is CCC1CCN(C2CCCC(NC(C)C)(C(=O)OC)C2)C1. The first-order valence-corrected chi connectivity index (χ1v) is 8.61. The minimum Gasteiger partial charge on any atom is -0.468 e. The molecule has 1 saturated carbocycles. The zero-order chi connectivity index (χ0) is 15.5. The fourth-order valence-electron chi connectivity index (χ4n) is 4.21. The molecule has 0 aromatic rings. The number of carbonyl (C=O) groups is 1. The van der Waals surface area contributed by atoms with Gasteiger partial charge in [-0.3, -0.25) is 10.1 Å². The molecule has 1 aliphatic carbocycles. The minimum absolute atomic E-state index is 0.0767. The fourth-order valence-corrected chi connectivity index (χ4v) is 4.21. The summed E-state index contributed by atoms with van der Waals surface area (Å²) >= 11 is 0. The summed E-state index contributed by atoms with van der Waals surface area (Å²) in [6.07, 6.45) is 6.71. The lowest BCUT2D eigenvalue weighted by Crippen LogP contribution is -2.60. The lowest BCUT2D eigenvalue weighted by Gasteiger charge is -2.43. The Morgan fingerprint density at radius 3 is 2.76 bits per heavy atom. The van der Waals surface area contributed by atoms with E-state index in [1.165, 1.54) is 39.5 Å². The Bertz CT molecular complexity index is 359. The Balaban J connectivity index is 2.07. The molecule has 2 rings (SSSR count). The van der Waals surface area contributed by atoms with Gasteiger partial charge in [-0.15, -0.1) is 0 Å². The van der Waals surface area contributed by atoms with Crippen molar-refractivity contribution in [3.05, 3.63) is 0 Å². The van der Waals surface area contributed by atoms with Gasteiger partial charge in [-0.1, -0.05) is 13.3 Å². The van der Waals surface area contributed by atoms with Crippen molar-refractivity contribution in [2.45, 2.75) is 76.9 Å². The zero-order valence-corrected chi connectivity index (χ0v) is 14.2. The highest BCUT2D eigenvalue weighted by Gasteiger charge is 2.46. The maximum atomic E-state index is 12.4. The molecule has 1 N–H and O–H groups in total. The quantitative estimate of drug-likeness (QED) is 0.792. The molecule has 0 radical (unpaired) electrons. The van der Waals surface area contributed by atoms with E-state index in [4.69, 9.17) is 4.74 Å². The molecule has 3 atom stereocenters. The van der Waals surface area contributed by atoms with Crippen LogP contribution in [0.15, 0.2) is 0 Å². The van der Waals surface area contributed by atoms with Gasteiger partial charge in [-0.2, -0.15) is 0 Å². The van der Waals surface area contributed by atoms with Crippen LogP contribution in [0.3, 0.4) is 0 Å². The number of hydrogen-bond donors (Lipinski definition) is 1. The predicted molar refractivity (Wildman–Crippen MR) is 85.2 cm³/mol. The number of methoxy groups -OCH3 is 1. The van der Waals surface area contributed by atoms with Crippen LogP contribution in [-0.2, 0) is 9.53 Å². The van der Waals surface area contributed by atoms with E-state index < -0.39 is 5.54 Å². The molecule has 3 unspecified atom stereocenters. The number of nitrogens with one attached hydrogen (secondary N) is 1. The Hall–Kier alpha value is -0.610. The van der Waals surface area contributed by atoms with E-state index >= 15 is 0 Å². The van der Waals surface area contributed by atoms with Gasteiger partial charge in [0.25, 0.3) is 0 Å². The van der Waals surface area contributed by atoms with Crippen LogP contribution in [0, 0.1) is 5.92 Å². The van der Waals surface area contributed by atoms with Crippen LogP contribution in [-0.4, -0.2) is 48.7 Å². The first-order valence-electron chi connectivity index (χ1n) is 8.61. The molecule has 122 valence electrons. The number of esters is 1. The van der Waals surface area contributed by atoms with E-state index in [0.29, 0.717) is 12.1 Å². The first kappa shape index (κ1) is 16.8. The van der Waals surface area contributed by atoms with Gasteiger partial charge in [0.1, 0.15) is 5.54 Å². The zero-order valence-electron chi connectivity index (χ0n) is 14.2. The summed E-state index contributed by atoms with van der Waals surface area (Å²) in [5.74, 6) is 0.768. The van der Waals surface area contributed by atoms with E-state index in [9.17, 15) is 4.79 Å². The molecule has 0 amide bonds. The third-order valence-corrected chi connectivity index (χ3v) is 5.28. The van der Waals surface area contributed by atoms with E-state index in [1.54, 1.807) is 0 Å². The van der Waals surface area contributed by atoms with Crippen molar-refractivity contribution in [3.8, 4) is 0 Å². The Labute approximate surface area is 129 Å². The molecular weight excluding hydrogens is 264 g/mol. The summed E-state index contributed by atoms with van der Waals surface area (Å²) < 4.78 is 5.13. The Morgan fingerprint density at radius 2 is 2.19 bits per heavy atom. The third kappa shape index (κ3) is 3.78. The van der Waals surface area contributed by atoms with Gasteiger partial charge in [0, 0.05) is 18.6 Å². The van der Waals surface area contributed by atoms with Gasteiger partial charge in [0.2, 0.25) is 0 Å². The highest BCUT2D eigenvalue weighted by Crippen LogP contribution is 2.35. The number of nitrogens with zero attached hydrogens (tertiary/aromatic N) is 1. The number of rotatable bonds is 5. The molecule has 21 heavy (non-hydrogen) atoms. The number of carbonyl (C=O) groups excluding carboxylic acids is 1. The van der Waals surface area contributed by atoms with Crippen molar-refractivity contribution in [1.82, 2.24) is 10.2 Å². The summed E-state index contributed by atoms with van der Waals surface area (Å²) in [6.45, 7) is 8.91. The fraction of sp³-hybridized carbons (Fsp3) is 0.941. The van der Waals surface area contributed by atoms with E-state index in [-0.39, 0.29) is 5.97 Å². The summed E-state index contributed by atoms with van der Waals surface area (Å²) in [5, 5.41) is 3.52. The molecule has 1 heterocycles. The van der Waals surface area contributed by atoms with E-state index in [1.807, 2.05) is 0 Å².